The highest BCUT2D eigenvalue weighted by molar-refractivity contribution is 5.99. The second kappa shape index (κ2) is 10.6. The first-order chi connectivity index (χ1) is 15.5. The van der Waals surface area contributed by atoms with Crippen LogP contribution in [0, 0.1) is 20.2 Å². The summed E-state index contributed by atoms with van der Waals surface area (Å²) in [7, 11) is 1.40. The number of allylic oxidation sites excluding steroid dienone is 2. The fourth-order valence-corrected chi connectivity index (χ4v) is 3.36. The van der Waals surface area contributed by atoms with E-state index in [4.69, 9.17) is 9.47 Å². The maximum atomic E-state index is 13.0. The smallest absolute Gasteiger partial charge is 0.342 e. The summed E-state index contributed by atoms with van der Waals surface area (Å²) in [6, 6.07) is 0. The molecule has 1 atom stereocenters. The lowest BCUT2D eigenvalue weighted by Crippen LogP contribution is -2.34. The number of carbonyl (C=O) groups excluding carboxylic acids is 2. The Kier molecular flexibility index (Phi) is 8.10. The van der Waals surface area contributed by atoms with Gasteiger partial charge in [-0.3, -0.25) is 0 Å². The Morgan fingerprint density at radius 3 is 2.27 bits per heavy atom. The van der Waals surface area contributed by atoms with Crippen LogP contribution in [0.4, 0.5) is 5.82 Å². The van der Waals surface area contributed by atoms with Crippen molar-refractivity contribution in [3.8, 4) is 0 Å². The summed E-state index contributed by atoms with van der Waals surface area (Å²) in [5.41, 5.74) is 0.817. The molecule has 2 heterocycles. The summed E-state index contributed by atoms with van der Waals surface area (Å²) >= 11 is 0. The number of rotatable bonds is 10. The van der Waals surface area contributed by atoms with Gasteiger partial charge in [0.05, 0.1) is 37.5 Å². The minimum atomic E-state index is -1.11. The van der Waals surface area contributed by atoms with E-state index in [1.165, 1.54) is 11.6 Å². The lowest BCUT2D eigenvalue weighted by atomic mass is 9.84. The van der Waals surface area contributed by atoms with Crippen molar-refractivity contribution in [3.05, 3.63) is 54.8 Å². The zero-order chi connectivity index (χ0) is 24.9. The summed E-state index contributed by atoms with van der Waals surface area (Å²) in [6.45, 7) is 6.07. The van der Waals surface area contributed by atoms with E-state index in [0.717, 1.165) is 6.20 Å². The maximum absolute atomic E-state index is 13.0. The normalized spacial score (nSPS) is 15.9. The van der Waals surface area contributed by atoms with Gasteiger partial charge < -0.3 is 29.7 Å². The van der Waals surface area contributed by atoms with Crippen LogP contribution in [0.2, 0.25) is 0 Å². The highest BCUT2D eigenvalue weighted by atomic mass is 16.9. The zero-order valence-electron chi connectivity index (χ0n) is 18.8. The number of nitrogens with one attached hydrogen (secondary N) is 1. The lowest BCUT2D eigenvalue weighted by molar-refractivity contribution is -0.757. The van der Waals surface area contributed by atoms with E-state index in [2.05, 4.69) is 15.1 Å². The van der Waals surface area contributed by atoms with Crippen molar-refractivity contribution in [2.75, 3.05) is 13.2 Å². The van der Waals surface area contributed by atoms with Crippen molar-refractivity contribution in [3.63, 3.8) is 0 Å². The molecule has 1 aromatic rings. The van der Waals surface area contributed by atoms with Crippen molar-refractivity contribution >= 4 is 17.8 Å². The minimum Gasteiger partial charge on any atom is -0.462 e. The van der Waals surface area contributed by atoms with Crippen LogP contribution in [0.25, 0.3) is 0 Å². The number of nitrogens with zero attached hydrogens (tertiary/aromatic N) is 4. The largest absolute Gasteiger partial charge is 0.462 e. The lowest BCUT2D eigenvalue weighted by Gasteiger charge is -2.29. The van der Waals surface area contributed by atoms with Gasteiger partial charge in [-0.1, -0.05) is 0 Å². The first kappa shape index (κ1) is 25.3. The fourth-order valence-electron chi connectivity index (χ4n) is 3.36. The molecule has 0 saturated heterocycles. The van der Waals surface area contributed by atoms with E-state index >= 15 is 0 Å². The molecule has 0 amide bonds. The average Bonchev–Trinajstić information content (AvgIpc) is 3.07. The standard InChI is InChI=1S/C19H25N5O9/c1-10(2)33-19(26)15-12(4)21-11(3)14(18(25)31-7-6-8-32-24(29)30)16(15)17-20-9-13(22(17)5)23(27)28/h9-10,16,21H,6-8H2,1-5H3. The molecule has 1 aliphatic heterocycles. The molecule has 1 N–H and O–H groups in total. The fraction of sp³-hybridized carbons (Fsp3) is 0.526. The number of carbonyl (C=O) groups is 2. The van der Waals surface area contributed by atoms with Crippen molar-refractivity contribution < 1.29 is 33.9 Å². The van der Waals surface area contributed by atoms with Crippen molar-refractivity contribution in [1.29, 1.82) is 0 Å². The van der Waals surface area contributed by atoms with Gasteiger partial charge in [0.2, 0.25) is 5.82 Å². The van der Waals surface area contributed by atoms with Gasteiger partial charge in [-0.25, -0.2) is 19.1 Å². The summed E-state index contributed by atoms with van der Waals surface area (Å²) in [5, 5.41) is 23.6. The van der Waals surface area contributed by atoms with Crippen LogP contribution in [0.1, 0.15) is 45.9 Å². The van der Waals surface area contributed by atoms with E-state index in [1.807, 2.05) is 0 Å². The second-order valence-corrected chi connectivity index (χ2v) is 7.43. The molecule has 0 aromatic carbocycles. The molecule has 1 aromatic heterocycles. The minimum absolute atomic E-state index is 0.00935. The molecule has 0 saturated carbocycles. The molecule has 1 unspecified atom stereocenters. The third-order valence-corrected chi connectivity index (χ3v) is 4.71. The van der Waals surface area contributed by atoms with E-state index in [0.29, 0.717) is 11.4 Å². The van der Waals surface area contributed by atoms with Crippen LogP contribution in [0.5, 0.6) is 0 Å². The third kappa shape index (κ3) is 5.84. The predicted molar refractivity (Wildman–Crippen MR) is 111 cm³/mol. The SMILES string of the molecule is CC1=C(C(=O)OCCCO[N+](=O)[O-])C(c2ncc([N+](=O)[O-])n2C)C(C(=O)OC(C)C)=C(C)N1. The van der Waals surface area contributed by atoms with Gasteiger partial charge in [0.15, 0.2) is 0 Å². The quantitative estimate of drug-likeness (QED) is 0.229. The topological polar surface area (TPSA) is 178 Å². The van der Waals surface area contributed by atoms with Gasteiger partial charge in [0.1, 0.15) is 12.1 Å². The number of imidazole rings is 1. The number of hydrogen-bond donors (Lipinski definition) is 1. The Bertz CT molecular complexity index is 1020. The molecule has 1 aliphatic rings. The molecule has 0 aliphatic carbocycles. The molecule has 0 fully saturated rings. The Balaban J connectivity index is 2.46. The number of nitro groups is 1. The van der Waals surface area contributed by atoms with Gasteiger partial charge in [0.25, 0.3) is 5.09 Å². The van der Waals surface area contributed by atoms with Crippen LogP contribution < -0.4 is 5.32 Å². The first-order valence-electron chi connectivity index (χ1n) is 9.95. The molecule has 14 heteroatoms. The molecular weight excluding hydrogens is 442 g/mol. The molecule has 0 spiro atoms. The van der Waals surface area contributed by atoms with Crippen LogP contribution >= 0.6 is 0 Å². The molecule has 180 valence electrons. The van der Waals surface area contributed by atoms with Crippen molar-refractivity contribution in [2.24, 2.45) is 7.05 Å². The van der Waals surface area contributed by atoms with Gasteiger partial charge in [0, 0.05) is 17.8 Å². The van der Waals surface area contributed by atoms with Gasteiger partial charge in [-0.2, -0.15) is 0 Å². The summed E-state index contributed by atoms with van der Waals surface area (Å²) in [6.07, 6.45) is 0.631. The molecule has 2 rings (SSSR count). The van der Waals surface area contributed by atoms with E-state index in [-0.39, 0.29) is 42.4 Å². The van der Waals surface area contributed by atoms with Crippen LogP contribution in [-0.2, 0) is 30.9 Å². The van der Waals surface area contributed by atoms with Gasteiger partial charge in [-0.05, 0) is 32.6 Å². The predicted octanol–water partition coefficient (Wildman–Crippen LogP) is 1.66. The Morgan fingerprint density at radius 1 is 1.15 bits per heavy atom. The molecule has 14 nitrogen and oxygen atoms in total. The number of ether oxygens (including phenoxy) is 2. The van der Waals surface area contributed by atoms with Crippen LogP contribution in [0.3, 0.4) is 0 Å². The summed E-state index contributed by atoms with van der Waals surface area (Å²) < 4.78 is 11.8. The third-order valence-electron chi connectivity index (χ3n) is 4.71. The summed E-state index contributed by atoms with van der Waals surface area (Å²) in [4.78, 5) is 55.2. The highest BCUT2D eigenvalue weighted by Gasteiger charge is 2.43. The molecule has 33 heavy (non-hydrogen) atoms. The molecule has 0 radical (unpaired) electrons. The monoisotopic (exact) mass is 467 g/mol. The number of dihydropyridines is 1. The summed E-state index contributed by atoms with van der Waals surface area (Å²) in [5.74, 6) is -2.91. The number of hydrogen-bond acceptors (Lipinski definition) is 11. The highest BCUT2D eigenvalue weighted by Crippen LogP contribution is 2.39. The maximum Gasteiger partial charge on any atom is 0.342 e. The van der Waals surface area contributed by atoms with E-state index < -0.39 is 34.0 Å². The van der Waals surface area contributed by atoms with E-state index in [9.17, 15) is 29.8 Å². The molecular formula is C19H25N5O9. The second-order valence-electron chi connectivity index (χ2n) is 7.43. The average molecular weight is 467 g/mol. The Hall–Kier alpha value is -3.97. The number of aromatic nitrogens is 2. The van der Waals surface area contributed by atoms with Gasteiger partial charge >= 0.3 is 17.8 Å². The van der Waals surface area contributed by atoms with Crippen LogP contribution in [0.15, 0.2) is 28.7 Å². The van der Waals surface area contributed by atoms with Crippen molar-refractivity contribution in [1.82, 2.24) is 14.9 Å². The zero-order valence-corrected chi connectivity index (χ0v) is 18.8. The van der Waals surface area contributed by atoms with E-state index in [1.54, 1.807) is 27.7 Å². The Labute approximate surface area is 188 Å². The van der Waals surface area contributed by atoms with Gasteiger partial charge in [-0.15, -0.1) is 10.1 Å². The molecule has 0 bridgehead atoms. The Morgan fingerprint density at radius 2 is 1.76 bits per heavy atom. The first-order valence-corrected chi connectivity index (χ1v) is 9.95. The van der Waals surface area contributed by atoms with Crippen molar-refractivity contribution in [2.45, 2.75) is 46.1 Å². The van der Waals surface area contributed by atoms with Crippen LogP contribution in [-0.4, -0.2) is 50.8 Å². The number of esters is 2.